The minimum absolute atomic E-state index is 0.0104. The van der Waals surface area contributed by atoms with Gasteiger partial charge in [-0.25, -0.2) is 8.78 Å². The Hall–Kier alpha value is -2.31. The summed E-state index contributed by atoms with van der Waals surface area (Å²) in [6, 6.07) is 13.9. The molecule has 2 saturated heterocycles. The monoisotopic (exact) mass is 372 g/mol. The van der Waals surface area contributed by atoms with Crippen LogP contribution in [0.4, 0.5) is 14.5 Å². The number of amides is 1. The number of carbonyl (C=O) groups is 1. The molecule has 0 saturated carbocycles. The molecule has 0 aromatic heterocycles. The molecular formula is C21H22F2N2O2. The Morgan fingerprint density at radius 3 is 2.67 bits per heavy atom. The Bertz CT molecular complexity index is 815. The number of para-hydroxylation sites is 1. The molecule has 0 bridgehead atoms. The molecule has 0 N–H and O–H groups in total. The Morgan fingerprint density at radius 1 is 1.04 bits per heavy atom. The Kier molecular flexibility index (Phi) is 5.18. The van der Waals surface area contributed by atoms with E-state index in [1.54, 1.807) is 11.0 Å². The van der Waals surface area contributed by atoms with Crippen LogP contribution in [0.1, 0.15) is 12.0 Å². The number of hydrogen-bond acceptors (Lipinski definition) is 3. The summed E-state index contributed by atoms with van der Waals surface area (Å²) in [5.41, 5.74) is 1.22. The standard InChI is InChI=1S/C21H22F2N2O2/c22-18-8-4-5-15(21(18)23)11-24-10-9-19-16(12-24)13-25(20(26)14-27-19)17-6-2-1-3-7-17/h1-8,16,19H,9-14H2/t16-,19+/m1/s1. The minimum Gasteiger partial charge on any atom is -0.368 e. The summed E-state index contributed by atoms with van der Waals surface area (Å²) >= 11 is 0. The van der Waals surface area contributed by atoms with Crippen molar-refractivity contribution in [1.29, 1.82) is 0 Å². The molecule has 6 heteroatoms. The van der Waals surface area contributed by atoms with Crippen LogP contribution in [0.25, 0.3) is 0 Å². The van der Waals surface area contributed by atoms with Gasteiger partial charge in [0.05, 0.1) is 6.10 Å². The number of piperidine rings is 1. The van der Waals surface area contributed by atoms with Crippen LogP contribution in [0.15, 0.2) is 48.5 Å². The van der Waals surface area contributed by atoms with Crippen LogP contribution in [0.5, 0.6) is 0 Å². The molecule has 0 aliphatic carbocycles. The molecule has 2 aliphatic heterocycles. The van der Waals surface area contributed by atoms with Gasteiger partial charge in [-0.1, -0.05) is 30.3 Å². The second kappa shape index (κ2) is 7.74. The molecule has 0 unspecified atom stereocenters. The van der Waals surface area contributed by atoms with Crippen LogP contribution in [0.3, 0.4) is 0 Å². The first kappa shape index (κ1) is 18.1. The van der Waals surface area contributed by atoms with Gasteiger partial charge in [0.1, 0.15) is 6.61 Å². The van der Waals surface area contributed by atoms with Crippen molar-refractivity contribution in [1.82, 2.24) is 4.90 Å². The van der Waals surface area contributed by atoms with Gasteiger partial charge in [0.25, 0.3) is 5.91 Å². The Labute approximate surface area is 157 Å². The van der Waals surface area contributed by atoms with Crippen molar-refractivity contribution in [3.63, 3.8) is 0 Å². The maximum Gasteiger partial charge on any atom is 0.252 e. The molecular weight excluding hydrogens is 350 g/mol. The van der Waals surface area contributed by atoms with Crippen LogP contribution >= 0.6 is 0 Å². The van der Waals surface area contributed by atoms with E-state index in [1.807, 2.05) is 30.3 Å². The van der Waals surface area contributed by atoms with Gasteiger partial charge in [-0.3, -0.25) is 9.69 Å². The number of anilines is 1. The van der Waals surface area contributed by atoms with Crippen LogP contribution in [-0.4, -0.2) is 43.2 Å². The first-order valence-corrected chi connectivity index (χ1v) is 9.24. The smallest absolute Gasteiger partial charge is 0.252 e. The first-order chi connectivity index (χ1) is 13.1. The fourth-order valence-electron chi connectivity index (χ4n) is 3.99. The second-order valence-electron chi connectivity index (χ2n) is 7.19. The lowest BCUT2D eigenvalue weighted by molar-refractivity contribution is -0.124. The molecule has 2 fully saturated rings. The van der Waals surface area contributed by atoms with Crippen LogP contribution < -0.4 is 4.90 Å². The molecule has 2 aromatic rings. The fraction of sp³-hybridized carbons (Fsp3) is 0.381. The molecule has 4 rings (SSSR count). The Morgan fingerprint density at radius 2 is 1.85 bits per heavy atom. The third kappa shape index (κ3) is 3.87. The summed E-state index contributed by atoms with van der Waals surface area (Å²) in [4.78, 5) is 16.4. The van der Waals surface area contributed by atoms with E-state index in [9.17, 15) is 13.6 Å². The highest BCUT2D eigenvalue weighted by Gasteiger charge is 2.36. The largest absolute Gasteiger partial charge is 0.368 e. The van der Waals surface area contributed by atoms with Crippen molar-refractivity contribution in [2.45, 2.75) is 19.1 Å². The fourth-order valence-corrected chi connectivity index (χ4v) is 3.99. The summed E-state index contributed by atoms with van der Waals surface area (Å²) in [6.07, 6.45) is 0.786. The normalized spacial score (nSPS) is 23.8. The molecule has 2 aliphatic rings. The van der Waals surface area contributed by atoms with Crippen molar-refractivity contribution in [2.24, 2.45) is 5.92 Å². The highest BCUT2D eigenvalue weighted by Crippen LogP contribution is 2.28. The van der Waals surface area contributed by atoms with Crippen molar-refractivity contribution in [2.75, 3.05) is 31.1 Å². The second-order valence-corrected chi connectivity index (χ2v) is 7.19. The SMILES string of the molecule is O=C1CO[C@H]2CCN(Cc3cccc(F)c3F)C[C@@H]2CN1c1ccccc1. The van der Waals surface area contributed by atoms with Gasteiger partial charge in [0.15, 0.2) is 11.6 Å². The van der Waals surface area contributed by atoms with Gasteiger partial charge >= 0.3 is 0 Å². The highest BCUT2D eigenvalue weighted by molar-refractivity contribution is 5.94. The predicted octanol–water partition coefficient (Wildman–Crippen LogP) is 3.22. The highest BCUT2D eigenvalue weighted by atomic mass is 19.2. The third-order valence-corrected chi connectivity index (χ3v) is 5.38. The first-order valence-electron chi connectivity index (χ1n) is 9.24. The van der Waals surface area contributed by atoms with E-state index < -0.39 is 11.6 Å². The van der Waals surface area contributed by atoms with Crippen LogP contribution in [-0.2, 0) is 16.1 Å². The van der Waals surface area contributed by atoms with E-state index >= 15 is 0 Å². The number of hydrogen-bond donors (Lipinski definition) is 0. The number of benzene rings is 2. The third-order valence-electron chi connectivity index (χ3n) is 5.38. The number of rotatable bonds is 3. The van der Waals surface area contributed by atoms with Crippen molar-refractivity contribution >= 4 is 11.6 Å². The van der Waals surface area contributed by atoms with E-state index in [4.69, 9.17) is 4.74 Å². The van der Waals surface area contributed by atoms with Gasteiger partial charge in [0.2, 0.25) is 0 Å². The van der Waals surface area contributed by atoms with Crippen molar-refractivity contribution < 1.29 is 18.3 Å². The molecule has 142 valence electrons. The van der Waals surface area contributed by atoms with E-state index in [0.717, 1.165) is 24.7 Å². The van der Waals surface area contributed by atoms with E-state index in [-0.39, 0.29) is 24.5 Å². The number of ether oxygens (including phenoxy) is 1. The van der Waals surface area contributed by atoms with Crippen LogP contribution in [0.2, 0.25) is 0 Å². The summed E-state index contributed by atoms with van der Waals surface area (Å²) in [6.45, 7) is 2.41. The molecule has 1 amide bonds. The number of halogens is 2. The van der Waals surface area contributed by atoms with Gasteiger partial charge < -0.3 is 9.64 Å². The van der Waals surface area contributed by atoms with Gasteiger partial charge in [-0.2, -0.15) is 0 Å². The summed E-state index contributed by atoms with van der Waals surface area (Å²) in [7, 11) is 0. The minimum atomic E-state index is -0.818. The number of fused-ring (bicyclic) bond motifs is 1. The Balaban J connectivity index is 1.49. The predicted molar refractivity (Wildman–Crippen MR) is 98.3 cm³/mol. The van der Waals surface area contributed by atoms with E-state index in [0.29, 0.717) is 25.2 Å². The van der Waals surface area contributed by atoms with Crippen LogP contribution in [0, 0.1) is 17.6 Å². The maximum absolute atomic E-state index is 14.0. The lowest BCUT2D eigenvalue weighted by atomic mass is 9.93. The number of likely N-dealkylation sites (tertiary alicyclic amines) is 1. The molecule has 2 aromatic carbocycles. The molecule has 0 spiro atoms. The number of carbonyl (C=O) groups excluding carboxylic acids is 1. The average Bonchev–Trinajstić information content (AvgIpc) is 2.85. The zero-order chi connectivity index (χ0) is 18.8. The summed E-state index contributed by atoms with van der Waals surface area (Å²) in [5, 5.41) is 0. The molecule has 4 nitrogen and oxygen atoms in total. The van der Waals surface area contributed by atoms with E-state index in [2.05, 4.69) is 4.90 Å². The molecule has 0 radical (unpaired) electrons. The summed E-state index contributed by atoms with van der Waals surface area (Å²) in [5.74, 6) is -1.51. The topological polar surface area (TPSA) is 32.8 Å². The lowest BCUT2D eigenvalue weighted by Gasteiger charge is -2.38. The number of nitrogens with zero attached hydrogens (tertiary/aromatic N) is 2. The lowest BCUT2D eigenvalue weighted by Crippen LogP contribution is -2.47. The zero-order valence-electron chi connectivity index (χ0n) is 15.0. The maximum atomic E-state index is 14.0. The summed E-state index contributed by atoms with van der Waals surface area (Å²) < 4.78 is 33.4. The molecule has 2 atom stereocenters. The molecule has 2 heterocycles. The van der Waals surface area contributed by atoms with Gasteiger partial charge in [-0.05, 0) is 24.6 Å². The van der Waals surface area contributed by atoms with Crippen molar-refractivity contribution in [3.05, 3.63) is 65.7 Å². The average molecular weight is 372 g/mol. The van der Waals surface area contributed by atoms with Crippen molar-refractivity contribution in [3.8, 4) is 0 Å². The van der Waals surface area contributed by atoms with Gasteiger partial charge in [-0.15, -0.1) is 0 Å². The molecule has 27 heavy (non-hydrogen) atoms. The zero-order valence-corrected chi connectivity index (χ0v) is 15.0. The quantitative estimate of drug-likeness (QED) is 0.829. The van der Waals surface area contributed by atoms with Gasteiger partial charge in [0, 0.05) is 43.3 Å². The van der Waals surface area contributed by atoms with E-state index in [1.165, 1.54) is 6.07 Å².